The number of hydrogen-bond acceptors (Lipinski definition) is 7. The highest BCUT2D eigenvalue weighted by molar-refractivity contribution is 8.00. The van der Waals surface area contributed by atoms with Gasteiger partial charge in [-0.3, -0.25) is 9.78 Å². The highest BCUT2D eigenvalue weighted by Gasteiger charge is 2.27. The standard InChI is InChI=1S/C26H30N4O3S/c1-33-20-7-8-22-21(13-20)17(10-11-27-22)12-23(31)16-2-4-18(5-3-16)28-14-19-6-9-24-26(29-19)30-25(32)15-34-24/h6-11,13,16,18,23,28,31H,2-5,12,14-15H2,1H3,(H,29,30,32)/t16?,18?,23-/m1/s1. The Labute approximate surface area is 203 Å². The summed E-state index contributed by atoms with van der Waals surface area (Å²) in [7, 11) is 1.66. The fraction of sp³-hybridized carbons (Fsp3) is 0.423. The molecular weight excluding hydrogens is 448 g/mol. The molecule has 1 aromatic carbocycles. The van der Waals surface area contributed by atoms with E-state index in [1.54, 1.807) is 7.11 Å². The van der Waals surface area contributed by atoms with E-state index in [4.69, 9.17) is 4.74 Å². The third-order valence-electron chi connectivity index (χ3n) is 6.89. The monoisotopic (exact) mass is 478 g/mol. The number of methoxy groups -OCH3 is 1. The quantitative estimate of drug-likeness (QED) is 0.473. The number of carbonyl (C=O) groups is 1. The van der Waals surface area contributed by atoms with Gasteiger partial charge in [0.05, 0.1) is 35.1 Å². The van der Waals surface area contributed by atoms with Crippen molar-refractivity contribution in [1.29, 1.82) is 0 Å². The van der Waals surface area contributed by atoms with Gasteiger partial charge in [-0.2, -0.15) is 0 Å². The second kappa shape index (κ2) is 10.3. The number of anilines is 1. The zero-order valence-electron chi connectivity index (χ0n) is 19.3. The van der Waals surface area contributed by atoms with E-state index in [0.29, 0.717) is 36.5 Å². The first kappa shape index (κ1) is 23.1. The van der Waals surface area contributed by atoms with Crippen LogP contribution >= 0.6 is 11.8 Å². The van der Waals surface area contributed by atoms with Crippen LogP contribution in [0.1, 0.15) is 36.9 Å². The Morgan fingerprint density at radius 3 is 2.88 bits per heavy atom. The molecule has 178 valence electrons. The lowest BCUT2D eigenvalue weighted by Gasteiger charge is -2.32. The summed E-state index contributed by atoms with van der Waals surface area (Å²) in [5, 5.41) is 18.5. The van der Waals surface area contributed by atoms with Crippen molar-refractivity contribution in [2.24, 2.45) is 5.92 Å². The molecule has 3 heterocycles. The first-order chi connectivity index (χ1) is 16.6. The maximum Gasteiger partial charge on any atom is 0.235 e. The number of fused-ring (bicyclic) bond motifs is 2. The number of aliphatic hydroxyl groups is 1. The molecule has 1 atom stereocenters. The van der Waals surface area contributed by atoms with Crippen LogP contribution in [0.4, 0.5) is 5.82 Å². The summed E-state index contributed by atoms with van der Waals surface area (Å²) in [6, 6.07) is 12.4. The van der Waals surface area contributed by atoms with E-state index in [2.05, 4.69) is 20.6 Å². The number of nitrogens with zero attached hydrogens (tertiary/aromatic N) is 2. The Hall–Kier alpha value is -2.68. The molecule has 34 heavy (non-hydrogen) atoms. The van der Waals surface area contributed by atoms with E-state index >= 15 is 0 Å². The summed E-state index contributed by atoms with van der Waals surface area (Å²) in [5.41, 5.74) is 2.97. The van der Waals surface area contributed by atoms with Gasteiger partial charge in [0, 0.05) is 24.2 Å². The first-order valence-corrected chi connectivity index (χ1v) is 12.8. The van der Waals surface area contributed by atoms with Crippen molar-refractivity contribution in [3.8, 4) is 5.75 Å². The van der Waals surface area contributed by atoms with Crippen LogP contribution in [0.15, 0.2) is 47.5 Å². The minimum atomic E-state index is -0.374. The van der Waals surface area contributed by atoms with Gasteiger partial charge in [0.25, 0.3) is 0 Å². The summed E-state index contributed by atoms with van der Waals surface area (Å²) >= 11 is 1.53. The van der Waals surface area contributed by atoms with Gasteiger partial charge in [0.15, 0.2) is 0 Å². The topological polar surface area (TPSA) is 96.4 Å². The van der Waals surface area contributed by atoms with Gasteiger partial charge in [0.2, 0.25) is 5.91 Å². The fourth-order valence-corrected chi connectivity index (χ4v) is 5.70. The average Bonchev–Trinajstić information content (AvgIpc) is 2.87. The number of amides is 1. The van der Waals surface area contributed by atoms with E-state index in [0.717, 1.165) is 58.5 Å². The molecule has 0 saturated heterocycles. The lowest BCUT2D eigenvalue weighted by molar-refractivity contribution is -0.113. The largest absolute Gasteiger partial charge is 0.497 e. The number of ether oxygens (including phenoxy) is 1. The predicted octanol–water partition coefficient (Wildman–Crippen LogP) is 3.93. The molecule has 2 aliphatic rings. The summed E-state index contributed by atoms with van der Waals surface area (Å²) in [5.74, 6) is 2.23. The first-order valence-electron chi connectivity index (χ1n) is 11.8. The Bertz CT molecular complexity index is 1180. The maximum atomic E-state index is 11.6. The molecular formula is C26H30N4O3S. The van der Waals surface area contributed by atoms with Crippen molar-refractivity contribution in [2.45, 2.75) is 55.7 Å². The normalized spacial score (nSPS) is 21.1. The molecule has 0 bridgehead atoms. The summed E-state index contributed by atoms with van der Waals surface area (Å²) in [6.45, 7) is 0.677. The van der Waals surface area contributed by atoms with Crippen LogP contribution < -0.4 is 15.4 Å². The molecule has 1 amide bonds. The van der Waals surface area contributed by atoms with E-state index in [1.165, 1.54) is 11.8 Å². The van der Waals surface area contributed by atoms with E-state index in [-0.39, 0.29) is 12.0 Å². The number of pyridine rings is 2. The van der Waals surface area contributed by atoms with Crippen LogP contribution in [0, 0.1) is 5.92 Å². The lowest BCUT2D eigenvalue weighted by Crippen LogP contribution is -2.36. The van der Waals surface area contributed by atoms with Crippen LogP contribution in [-0.4, -0.2) is 46.0 Å². The minimum absolute atomic E-state index is 0.00545. The van der Waals surface area contributed by atoms with Gasteiger partial charge in [-0.05, 0) is 80.0 Å². The molecule has 0 spiro atoms. The second-order valence-corrected chi connectivity index (χ2v) is 10.1. The van der Waals surface area contributed by atoms with E-state index in [1.807, 2.05) is 42.6 Å². The summed E-state index contributed by atoms with van der Waals surface area (Å²) in [6.07, 6.45) is 6.12. The summed E-state index contributed by atoms with van der Waals surface area (Å²) in [4.78, 5) is 21.7. The maximum absolute atomic E-state index is 11.6. The SMILES string of the molecule is COc1ccc2nccc(C[C@@H](O)C3CCC(NCc4ccc5c(n4)NC(=O)CS5)CC3)c2c1. The molecule has 5 rings (SSSR count). The molecule has 1 fully saturated rings. The molecule has 2 aromatic heterocycles. The van der Waals surface area contributed by atoms with Crippen molar-refractivity contribution < 1.29 is 14.6 Å². The fourth-order valence-electron chi connectivity index (χ4n) is 4.94. The van der Waals surface area contributed by atoms with Gasteiger partial charge in [-0.15, -0.1) is 11.8 Å². The predicted molar refractivity (Wildman–Crippen MR) is 134 cm³/mol. The van der Waals surface area contributed by atoms with Crippen LogP contribution in [0.3, 0.4) is 0 Å². The number of nitrogens with one attached hydrogen (secondary N) is 2. The van der Waals surface area contributed by atoms with Crippen LogP contribution in [-0.2, 0) is 17.8 Å². The Morgan fingerprint density at radius 1 is 1.21 bits per heavy atom. The molecule has 1 saturated carbocycles. The smallest absolute Gasteiger partial charge is 0.235 e. The van der Waals surface area contributed by atoms with Gasteiger partial charge >= 0.3 is 0 Å². The number of thioether (sulfide) groups is 1. The molecule has 8 heteroatoms. The van der Waals surface area contributed by atoms with Crippen molar-refractivity contribution in [1.82, 2.24) is 15.3 Å². The number of aliphatic hydroxyl groups excluding tert-OH is 1. The van der Waals surface area contributed by atoms with Crippen LogP contribution in [0.25, 0.3) is 10.9 Å². The van der Waals surface area contributed by atoms with Gasteiger partial charge in [0.1, 0.15) is 11.6 Å². The third-order valence-corrected chi connectivity index (χ3v) is 7.94. The van der Waals surface area contributed by atoms with Gasteiger partial charge in [-0.1, -0.05) is 0 Å². The summed E-state index contributed by atoms with van der Waals surface area (Å²) < 4.78 is 5.38. The van der Waals surface area contributed by atoms with Gasteiger partial charge < -0.3 is 20.5 Å². The number of aromatic nitrogens is 2. The van der Waals surface area contributed by atoms with E-state index < -0.39 is 0 Å². The van der Waals surface area contributed by atoms with Crippen molar-refractivity contribution in [3.63, 3.8) is 0 Å². The number of benzene rings is 1. The highest BCUT2D eigenvalue weighted by atomic mass is 32.2. The zero-order chi connectivity index (χ0) is 23.5. The lowest BCUT2D eigenvalue weighted by atomic mass is 9.80. The molecule has 1 aliphatic carbocycles. The minimum Gasteiger partial charge on any atom is -0.497 e. The third kappa shape index (κ3) is 5.19. The number of carbonyl (C=O) groups excluding carboxylic acids is 1. The Morgan fingerprint density at radius 2 is 2.06 bits per heavy atom. The van der Waals surface area contributed by atoms with Crippen LogP contribution in [0.5, 0.6) is 5.75 Å². The molecule has 3 aromatic rings. The molecule has 0 radical (unpaired) electrons. The Kier molecular flexibility index (Phi) is 6.99. The van der Waals surface area contributed by atoms with Crippen molar-refractivity contribution >= 4 is 34.4 Å². The van der Waals surface area contributed by atoms with E-state index in [9.17, 15) is 9.90 Å². The van der Waals surface area contributed by atoms with Gasteiger partial charge in [-0.25, -0.2) is 4.98 Å². The highest BCUT2D eigenvalue weighted by Crippen LogP contribution is 2.32. The van der Waals surface area contributed by atoms with Crippen LogP contribution in [0.2, 0.25) is 0 Å². The number of hydrogen-bond donors (Lipinski definition) is 3. The van der Waals surface area contributed by atoms with Crippen molar-refractivity contribution in [2.75, 3.05) is 18.2 Å². The average molecular weight is 479 g/mol. The molecule has 3 N–H and O–H groups in total. The molecule has 1 aliphatic heterocycles. The number of rotatable bonds is 7. The molecule has 0 unspecified atom stereocenters. The molecule has 7 nitrogen and oxygen atoms in total. The zero-order valence-corrected chi connectivity index (χ0v) is 20.1. The van der Waals surface area contributed by atoms with Crippen molar-refractivity contribution in [3.05, 3.63) is 53.9 Å². The second-order valence-electron chi connectivity index (χ2n) is 9.10. The Balaban J connectivity index is 1.14.